The van der Waals surface area contributed by atoms with Crippen molar-refractivity contribution in [2.75, 3.05) is 0 Å². The summed E-state index contributed by atoms with van der Waals surface area (Å²) in [4.78, 5) is 22.8. The van der Waals surface area contributed by atoms with Crippen LogP contribution in [0.15, 0.2) is 21.4 Å². The van der Waals surface area contributed by atoms with Crippen LogP contribution in [0.25, 0.3) is 0 Å². The zero-order chi connectivity index (χ0) is 12.3. The predicted octanol–water partition coefficient (Wildman–Crippen LogP) is 1.28. The Morgan fingerprint density at radius 1 is 1.50 bits per heavy atom. The van der Waals surface area contributed by atoms with Crippen molar-refractivity contribution in [2.45, 2.75) is 19.9 Å². The number of carbonyl (C=O) groups excluding carboxylic acids is 2. The highest BCUT2D eigenvalue weighted by atomic mass is 79.9. The number of primary amides is 1. The van der Waals surface area contributed by atoms with Crippen LogP contribution in [0.5, 0.6) is 0 Å². The van der Waals surface area contributed by atoms with E-state index in [0.717, 1.165) is 0 Å². The van der Waals surface area contributed by atoms with Crippen molar-refractivity contribution in [1.82, 2.24) is 5.32 Å². The number of halogens is 1. The molecule has 1 unspecified atom stereocenters. The smallest absolute Gasteiger partial charge is 0.256 e. The number of hydrogen-bond acceptors (Lipinski definition) is 3. The fourth-order valence-corrected chi connectivity index (χ4v) is 1.66. The average molecular weight is 289 g/mol. The van der Waals surface area contributed by atoms with E-state index in [2.05, 4.69) is 21.2 Å². The van der Waals surface area contributed by atoms with Crippen LogP contribution in [0.3, 0.4) is 0 Å². The Hall–Kier alpha value is -1.30. The molecule has 0 bridgehead atoms. The monoisotopic (exact) mass is 288 g/mol. The molecule has 1 atom stereocenters. The molecule has 0 saturated heterocycles. The van der Waals surface area contributed by atoms with Gasteiger partial charge >= 0.3 is 0 Å². The van der Waals surface area contributed by atoms with Crippen LogP contribution in [0.2, 0.25) is 0 Å². The van der Waals surface area contributed by atoms with E-state index in [4.69, 9.17) is 10.2 Å². The summed E-state index contributed by atoms with van der Waals surface area (Å²) in [6.45, 7) is 3.61. The Morgan fingerprint density at radius 2 is 2.12 bits per heavy atom. The molecular formula is C10H13BrN2O3. The summed E-state index contributed by atoms with van der Waals surface area (Å²) in [6, 6.07) is 0.826. The topological polar surface area (TPSA) is 85.3 Å². The van der Waals surface area contributed by atoms with Gasteiger partial charge in [0.15, 0.2) is 4.67 Å². The number of nitrogens with one attached hydrogen (secondary N) is 1. The van der Waals surface area contributed by atoms with Gasteiger partial charge in [0.05, 0.1) is 11.8 Å². The molecular weight excluding hydrogens is 276 g/mol. The maximum absolute atomic E-state index is 11.7. The summed E-state index contributed by atoms with van der Waals surface area (Å²) in [6.07, 6.45) is 1.38. The average Bonchev–Trinajstić information content (AvgIpc) is 2.59. The quantitative estimate of drug-likeness (QED) is 0.875. The molecule has 0 fully saturated rings. The Balaban J connectivity index is 2.77. The summed E-state index contributed by atoms with van der Waals surface area (Å²) in [5.41, 5.74) is 5.53. The maximum Gasteiger partial charge on any atom is 0.256 e. The Kier molecular flexibility index (Phi) is 4.12. The highest BCUT2D eigenvalue weighted by Crippen LogP contribution is 2.17. The van der Waals surface area contributed by atoms with Gasteiger partial charge in [0.1, 0.15) is 6.04 Å². The van der Waals surface area contributed by atoms with Crippen LogP contribution < -0.4 is 11.1 Å². The Bertz CT molecular complexity index is 401. The Morgan fingerprint density at radius 3 is 2.50 bits per heavy atom. The second kappa shape index (κ2) is 5.16. The van der Waals surface area contributed by atoms with Crippen LogP contribution in [-0.4, -0.2) is 17.9 Å². The van der Waals surface area contributed by atoms with Gasteiger partial charge in [0.25, 0.3) is 5.91 Å². The third-order valence-corrected chi connectivity index (χ3v) is 2.74. The molecule has 0 spiro atoms. The molecule has 0 saturated carbocycles. The van der Waals surface area contributed by atoms with Crippen molar-refractivity contribution in [2.24, 2.45) is 11.7 Å². The largest absolute Gasteiger partial charge is 0.457 e. The minimum atomic E-state index is -0.686. The van der Waals surface area contributed by atoms with Gasteiger partial charge < -0.3 is 15.5 Å². The molecule has 0 aliphatic rings. The number of hydrogen-bond donors (Lipinski definition) is 2. The zero-order valence-corrected chi connectivity index (χ0v) is 10.6. The molecule has 16 heavy (non-hydrogen) atoms. The van der Waals surface area contributed by atoms with E-state index in [1.807, 2.05) is 0 Å². The molecule has 0 aliphatic carbocycles. The summed E-state index contributed by atoms with van der Waals surface area (Å²) in [5.74, 6) is -1.01. The standard InChI is InChI=1S/C10H13BrN2O3/c1-5(2)7(9(12)14)13-10(15)6-3-4-16-8(6)11/h3-5,7H,1-2H3,(H2,12,14)(H,13,15). The molecule has 0 aliphatic heterocycles. The Labute approximate surface area is 101 Å². The number of amides is 2. The SMILES string of the molecule is CC(C)C(NC(=O)c1ccoc1Br)C(N)=O. The van der Waals surface area contributed by atoms with E-state index in [9.17, 15) is 9.59 Å². The molecule has 2 amide bonds. The van der Waals surface area contributed by atoms with Gasteiger partial charge in [-0.3, -0.25) is 9.59 Å². The van der Waals surface area contributed by atoms with Crippen molar-refractivity contribution in [1.29, 1.82) is 0 Å². The molecule has 3 N–H and O–H groups in total. The first-order valence-electron chi connectivity index (χ1n) is 4.76. The molecule has 1 aromatic heterocycles. The lowest BCUT2D eigenvalue weighted by Crippen LogP contribution is -2.47. The van der Waals surface area contributed by atoms with Crippen LogP contribution in [0, 0.1) is 5.92 Å². The van der Waals surface area contributed by atoms with Crippen LogP contribution in [0.4, 0.5) is 0 Å². The van der Waals surface area contributed by atoms with E-state index in [1.54, 1.807) is 13.8 Å². The van der Waals surface area contributed by atoms with Gasteiger partial charge in [-0.05, 0) is 27.9 Å². The van der Waals surface area contributed by atoms with Crippen molar-refractivity contribution in [3.63, 3.8) is 0 Å². The lowest BCUT2D eigenvalue weighted by atomic mass is 10.0. The van der Waals surface area contributed by atoms with Crippen molar-refractivity contribution >= 4 is 27.7 Å². The maximum atomic E-state index is 11.7. The highest BCUT2D eigenvalue weighted by Gasteiger charge is 2.23. The van der Waals surface area contributed by atoms with Gasteiger partial charge in [-0.1, -0.05) is 13.8 Å². The van der Waals surface area contributed by atoms with Gasteiger partial charge in [-0.25, -0.2) is 0 Å². The van der Waals surface area contributed by atoms with Crippen LogP contribution in [-0.2, 0) is 4.79 Å². The van der Waals surface area contributed by atoms with Crippen molar-refractivity contribution in [3.8, 4) is 0 Å². The number of furan rings is 1. The molecule has 1 heterocycles. The first kappa shape index (κ1) is 12.8. The summed E-state index contributed by atoms with van der Waals surface area (Å²) < 4.78 is 5.26. The van der Waals surface area contributed by atoms with Crippen molar-refractivity contribution < 1.29 is 14.0 Å². The number of rotatable bonds is 4. The summed E-state index contributed by atoms with van der Waals surface area (Å²) in [5, 5.41) is 2.56. The number of carbonyl (C=O) groups is 2. The molecule has 5 nitrogen and oxygen atoms in total. The van der Waals surface area contributed by atoms with E-state index in [0.29, 0.717) is 10.2 Å². The highest BCUT2D eigenvalue weighted by molar-refractivity contribution is 9.10. The third kappa shape index (κ3) is 2.85. The first-order chi connectivity index (χ1) is 7.43. The number of nitrogens with two attached hydrogens (primary N) is 1. The molecule has 88 valence electrons. The second-order valence-corrected chi connectivity index (χ2v) is 4.43. The van der Waals surface area contributed by atoms with Crippen LogP contribution in [0.1, 0.15) is 24.2 Å². The first-order valence-corrected chi connectivity index (χ1v) is 5.56. The summed E-state index contributed by atoms with van der Waals surface area (Å²) in [7, 11) is 0. The van der Waals surface area contributed by atoms with Crippen LogP contribution >= 0.6 is 15.9 Å². The molecule has 0 radical (unpaired) electrons. The van der Waals surface area contributed by atoms with Gasteiger partial charge in [0, 0.05) is 0 Å². The fraction of sp³-hybridized carbons (Fsp3) is 0.400. The van der Waals surface area contributed by atoms with Gasteiger partial charge in [0.2, 0.25) is 5.91 Å². The second-order valence-electron chi connectivity index (χ2n) is 3.71. The lowest BCUT2D eigenvalue weighted by molar-refractivity contribution is -0.120. The minimum absolute atomic E-state index is 0.0628. The summed E-state index contributed by atoms with van der Waals surface area (Å²) >= 11 is 3.09. The van der Waals surface area contributed by atoms with Gasteiger partial charge in [-0.15, -0.1) is 0 Å². The fourth-order valence-electron chi connectivity index (χ4n) is 1.24. The zero-order valence-electron chi connectivity index (χ0n) is 8.99. The predicted molar refractivity (Wildman–Crippen MR) is 61.7 cm³/mol. The van der Waals surface area contributed by atoms with Crippen molar-refractivity contribution in [3.05, 3.63) is 22.6 Å². The normalized spacial score (nSPS) is 12.5. The minimum Gasteiger partial charge on any atom is -0.457 e. The van der Waals surface area contributed by atoms with E-state index < -0.39 is 17.9 Å². The third-order valence-electron chi connectivity index (χ3n) is 2.12. The molecule has 1 aromatic rings. The van der Waals surface area contributed by atoms with E-state index in [1.165, 1.54) is 12.3 Å². The molecule has 0 aromatic carbocycles. The van der Waals surface area contributed by atoms with E-state index in [-0.39, 0.29) is 5.92 Å². The molecule has 1 rings (SSSR count). The lowest BCUT2D eigenvalue weighted by Gasteiger charge is -2.18. The van der Waals surface area contributed by atoms with E-state index >= 15 is 0 Å². The molecule has 6 heteroatoms. The van der Waals surface area contributed by atoms with Gasteiger partial charge in [-0.2, -0.15) is 0 Å².